The maximum atomic E-state index is 12.7. The number of hydrazone groups is 1. The number of benzene rings is 1. The number of thioether (sulfide) groups is 1. The largest absolute Gasteiger partial charge is 0.346 e. The standard InChI is InChI=1S/C23H26N6O2S/c1-32-16-13-19(23-26-25-20-9-5-6-14-28(20)23)24-21(30)10-11-22(31)29-15-12-18(27-29)17-7-3-2-4-8-17/h2-9,14,19H,10-13,15-16H2,1H3,(H,24,30). The Kier molecular flexibility index (Phi) is 7.16. The molecule has 1 atom stereocenters. The monoisotopic (exact) mass is 450 g/mol. The van der Waals surface area contributed by atoms with Gasteiger partial charge in [-0.3, -0.25) is 14.0 Å². The lowest BCUT2D eigenvalue weighted by molar-refractivity contribution is -0.133. The third-order valence-corrected chi connectivity index (χ3v) is 6.00. The molecule has 8 nitrogen and oxygen atoms in total. The molecule has 0 fully saturated rings. The third kappa shape index (κ3) is 5.16. The van der Waals surface area contributed by atoms with Gasteiger partial charge in [-0.1, -0.05) is 36.4 Å². The summed E-state index contributed by atoms with van der Waals surface area (Å²) < 4.78 is 1.89. The maximum absolute atomic E-state index is 12.7. The van der Waals surface area contributed by atoms with Crippen molar-refractivity contribution in [3.05, 3.63) is 66.1 Å². The zero-order chi connectivity index (χ0) is 22.3. The summed E-state index contributed by atoms with van der Waals surface area (Å²) in [5, 5.41) is 17.5. The van der Waals surface area contributed by atoms with Crippen LogP contribution in [0, 0.1) is 0 Å². The lowest BCUT2D eigenvalue weighted by Gasteiger charge is -2.17. The van der Waals surface area contributed by atoms with Gasteiger partial charge in [0.1, 0.15) is 0 Å². The number of carbonyl (C=O) groups is 2. The van der Waals surface area contributed by atoms with Gasteiger partial charge < -0.3 is 5.32 Å². The van der Waals surface area contributed by atoms with Crippen molar-refractivity contribution >= 4 is 34.9 Å². The first-order valence-electron chi connectivity index (χ1n) is 10.7. The third-order valence-electron chi connectivity index (χ3n) is 5.36. The molecule has 0 spiro atoms. The Labute approximate surface area is 191 Å². The van der Waals surface area contributed by atoms with Crippen molar-refractivity contribution < 1.29 is 9.59 Å². The highest BCUT2D eigenvalue weighted by atomic mass is 32.2. The molecule has 2 amide bonds. The van der Waals surface area contributed by atoms with E-state index in [1.54, 1.807) is 11.8 Å². The fourth-order valence-electron chi connectivity index (χ4n) is 3.69. The summed E-state index contributed by atoms with van der Waals surface area (Å²) in [4.78, 5) is 25.3. The molecule has 0 aliphatic carbocycles. The normalized spacial score (nSPS) is 14.4. The van der Waals surface area contributed by atoms with E-state index < -0.39 is 0 Å². The van der Waals surface area contributed by atoms with Crippen LogP contribution in [0.3, 0.4) is 0 Å². The average molecular weight is 451 g/mol. The predicted octanol–water partition coefficient (Wildman–Crippen LogP) is 3.06. The van der Waals surface area contributed by atoms with Crippen LogP contribution in [0.1, 0.15) is 43.1 Å². The van der Waals surface area contributed by atoms with E-state index in [1.807, 2.05) is 65.4 Å². The van der Waals surface area contributed by atoms with Gasteiger partial charge >= 0.3 is 0 Å². The first-order valence-corrected chi connectivity index (χ1v) is 12.1. The maximum Gasteiger partial charge on any atom is 0.243 e. The number of pyridine rings is 1. The second kappa shape index (κ2) is 10.4. The number of fused-ring (bicyclic) bond motifs is 1. The van der Waals surface area contributed by atoms with E-state index in [0.717, 1.165) is 35.5 Å². The van der Waals surface area contributed by atoms with Crippen molar-refractivity contribution in [1.82, 2.24) is 24.9 Å². The van der Waals surface area contributed by atoms with E-state index in [9.17, 15) is 9.59 Å². The molecule has 166 valence electrons. The number of nitrogens with zero attached hydrogens (tertiary/aromatic N) is 5. The molecule has 1 aliphatic rings. The van der Waals surface area contributed by atoms with Gasteiger partial charge in [-0.05, 0) is 36.1 Å². The molecule has 1 aliphatic heterocycles. The van der Waals surface area contributed by atoms with E-state index in [0.29, 0.717) is 12.4 Å². The molecule has 0 radical (unpaired) electrons. The Bertz CT molecular complexity index is 1110. The number of carbonyl (C=O) groups excluding carboxylic acids is 2. The number of amides is 2. The fourth-order valence-corrected chi connectivity index (χ4v) is 4.16. The van der Waals surface area contributed by atoms with Gasteiger partial charge in [0.05, 0.1) is 18.3 Å². The van der Waals surface area contributed by atoms with Gasteiger partial charge in [-0.15, -0.1) is 10.2 Å². The molecule has 3 heterocycles. The lowest BCUT2D eigenvalue weighted by atomic mass is 10.1. The summed E-state index contributed by atoms with van der Waals surface area (Å²) in [5.74, 6) is 1.25. The first kappa shape index (κ1) is 22.0. The molecule has 0 bridgehead atoms. The Morgan fingerprint density at radius 3 is 2.72 bits per heavy atom. The zero-order valence-corrected chi connectivity index (χ0v) is 18.8. The quantitative estimate of drug-likeness (QED) is 0.541. The van der Waals surface area contributed by atoms with E-state index >= 15 is 0 Å². The number of hydrogen-bond donors (Lipinski definition) is 1. The molecule has 1 N–H and O–H groups in total. The van der Waals surface area contributed by atoms with Crippen LogP contribution in [-0.4, -0.2) is 55.7 Å². The Hall–Kier alpha value is -3.20. The molecule has 3 aromatic rings. The zero-order valence-electron chi connectivity index (χ0n) is 18.0. The second-order valence-electron chi connectivity index (χ2n) is 7.57. The van der Waals surface area contributed by atoms with Crippen molar-refractivity contribution in [2.75, 3.05) is 18.6 Å². The van der Waals surface area contributed by atoms with Gasteiger partial charge in [-0.2, -0.15) is 16.9 Å². The van der Waals surface area contributed by atoms with Gasteiger partial charge in [0.2, 0.25) is 11.8 Å². The highest BCUT2D eigenvalue weighted by molar-refractivity contribution is 7.98. The van der Waals surface area contributed by atoms with Crippen molar-refractivity contribution in [1.29, 1.82) is 0 Å². The minimum atomic E-state index is -0.267. The second-order valence-corrected chi connectivity index (χ2v) is 8.55. The number of aromatic nitrogens is 3. The lowest BCUT2D eigenvalue weighted by Crippen LogP contribution is -2.32. The molecule has 1 unspecified atom stereocenters. The molecule has 9 heteroatoms. The van der Waals surface area contributed by atoms with Gasteiger partial charge in [-0.25, -0.2) is 5.01 Å². The smallest absolute Gasteiger partial charge is 0.243 e. The summed E-state index contributed by atoms with van der Waals surface area (Å²) in [5.41, 5.74) is 2.67. The fraction of sp³-hybridized carbons (Fsp3) is 0.348. The summed E-state index contributed by atoms with van der Waals surface area (Å²) in [7, 11) is 0. The summed E-state index contributed by atoms with van der Waals surface area (Å²) in [6, 6.07) is 15.3. The molecule has 0 saturated heterocycles. The summed E-state index contributed by atoms with van der Waals surface area (Å²) in [6.07, 6.45) is 5.60. The highest BCUT2D eigenvalue weighted by Crippen LogP contribution is 2.19. The van der Waals surface area contributed by atoms with Crippen LogP contribution in [0.4, 0.5) is 0 Å². The van der Waals surface area contributed by atoms with E-state index in [2.05, 4.69) is 20.6 Å². The SMILES string of the molecule is CSCCC(NC(=O)CCC(=O)N1CCC(c2ccccc2)=N1)c1nnc2ccccn12. The minimum Gasteiger partial charge on any atom is -0.346 e. The van der Waals surface area contributed by atoms with E-state index in [1.165, 1.54) is 5.01 Å². The Morgan fingerprint density at radius 1 is 1.09 bits per heavy atom. The molecule has 32 heavy (non-hydrogen) atoms. The van der Waals surface area contributed by atoms with Gasteiger partial charge in [0, 0.05) is 25.5 Å². The molecular formula is C23H26N6O2S. The molecule has 4 rings (SSSR count). The average Bonchev–Trinajstić information content (AvgIpc) is 3.49. The summed E-state index contributed by atoms with van der Waals surface area (Å²) >= 11 is 1.71. The number of hydrogen-bond acceptors (Lipinski definition) is 6. The molecule has 0 saturated carbocycles. The van der Waals surface area contributed by atoms with Crippen molar-refractivity contribution in [3.8, 4) is 0 Å². The molecule has 1 aromatic carbocycles. The number of rotatable bonds is 9. The van der Waals surface area contributed by atoms with Crippen LogP contribution in [0.15, 0.2) is 59.8 Å². The van der Waals surface area contributed by atoms with Crippen LogP contribution < -0.4 is 5.32 Å². The van der Waals surface area contributed by atoms with Gasteiger partial charge in [0.15, 0.2) is 11.5 Å². The first-order chi connectivity index (χ1) is 15.7. The van der Waals surface area contributed by atoms with Crippen LogP contribution in [0.2, 0.25) is 0 Å². The molecule has 2 aromatic heterocycles. The highest BCUT2D eigenvalue weighted by Gasteiger charge is 2.24. The predicted molar refractivity (Wildman–Crippen MR) is 125 cm³/mol. The minimum absolute atomic E-state index is 0.109. The Morgan fingerprint density at radius 2 is 1.91 bits per heavy atom. The Balaban J connectivity index is 1.35. The molecular weight excluding hydrogens is 424 g/mol. The van der Waals surface area contributed by atoms with E-state index in [-0.39, 0.29) is 30.7 Å². The van der Waals surface area contributed by atoms with Crippen LogP contribution >= 0.6 is 11.8 Å². The van der Waals surface area contributed by atoms with Crippen molar-refractivity contribution in [3.63, 3.8) is 0 Å². The van der Waals surface area contributed by atoms with Crippen molar-refractivity contribution in [2.45, 2.75) is 31.7 Å². The topological polar surface area (TPSA) is 92.0 Å². The van der Waals surface area contributed by atoms with Crippen molar-refractivity contribution in [2.24, 2.45) is 5.10 Å². The van der Waals surface area contributed by atoms with Crippen LogP contribution in [0.5, 0.6) is 0 Å². The number of nitrogens with one attached hydrogen (secondary N) is 1. The summed E-state index contributed by atoms with van der Waals surface area (Å²) in [6.45, 7) is 0.548. The van der Waals surface area contributed by atoms with E-state index in [4.69, 9.17) is 0 Å². The van der Waals surface area contributed by atoms with Crippen LogP contribution in [0.25, 0.3) is 5.65 Å². The van der Waals surface area contributed by atoms with Crippen LogP contribution in [-0.2, 0) is 9.59 Å². The van der Waals surface area contributed by atoms with Gasteiger partial charge in [0.25, 0.3) is 0 Å².